The summed E-state index contributed by atoms with van der Waals surface area (Å²) in [5.74, 6) is -2.55. The van der Waals surface area contributed by atoms with Crippen molar-refractivity contribution in [3.63, 3.8) is 0 Å². The number of rotatable bonds is 2. The van der Waals surface area contributed by atoms with Gasteiger partial charge in [0.25, 0.3) is 5.97 Å². The maximum atomic E-state index is 10.1. The molecule has 0 saturated heterocycles. The molecule has 0 spiro atoms. The van der Waals surface area contributed by atoms with E-state index in [-0.39, 0.29) is 0 Å². The first-order valence-electron chi connectivity index (χ1n) is 3.37. The number of esters is 1. The Kier molecular flexibility index (Phi) is 7.61. The molecule has 0 heterocycles. The van der Waals surface area contributed by atoms with Gasteiger partial charge < -0.3 is 14.9 Å². The summed E-state index contributed by atoms with van der Waals surface area (Å²) in [6.45, 7) is 3.54. The first kappa shape index (κ1) is 14.0. The molecule has 0 aliphatic heterocycles. The molecule has 0 aromatic rings. The van der Waals surface area contributed by atoms with Gasteiger partial charge in [-0.25, -0.2) is 4.79 Å². The number of ether oxygens (including phenoxy) is 1. The van der Waals surface area contributed by atoms with Crippen LogP contribution in [0, 0.1) is 0 Å². The van der Waals surface area contributed by atoms with Gasteiger partial charge in [0.15, 0.2) is 6.10 Å². The second-order valence-electron chi connectivity index (χ2n) is 2.11. The van der Waals surface area contributed by atoms with Crippen LogP contribution in [0.5, 0.6) is 0 Å². The Morgan fingerprint density at radius 3 is 1.54 bits per heavy atom. The Morgan fingerprint density at radius 1 is 1.15 bits per heavy atom. The number of carboxylic acid groups (broad SMARTS) is 2. The molecule has 0 fully saturated rings. The van der Waals surface area contributed by atoms with Gasteiger partial charge in [0.1, 0.15) is 0 Å². The normalized spacial score (nSPS) is 10.4. The van der Waals surface area contributed by atoms with Gasteiger partial charge in [-0.2, -0.15) is 0 Å². The molecule has 1 atom stereocenters. The number of aliphatic carboxylic acids is 2. The van der Waals surface area contributed by atoms with Crippen molar-refractivity contribution in [2.45, 2.75) is 26.9 Å². The molecule has 0 amide bonds. The van der Waals surface area contributed by atoms with Crippen LogP contribution >= 0.6 is 0 Å². The van der Waals surface area contributed by atoms with Crippen LogP contribution in [0.4, 0.5) is 0 Å². The van der Waals surface area contributed by atoms with E-state index in [0.29, 0.717) is 0 Å². The quantitative estimate of drug-likeness (QED) is 0.602. The van der Waals surface area contributed by atoms with Gasteiger partial charge in [0.2, 0.25) is 0 Å². The van der Waals surface area contributed by atoms with Crippen LogP contribution < -0.4 is 0 Å². The standard InChI is InChI=1S/C5H8O4.C2H4O2/c1-3(5(7)8)9-4(2)6;1-2(3)4/h3H,1-2H3,(H,7,8);1H3,(H,3,4). The molecule has 0 rings (SSSR count). The van der Waals surface area contributed by atoms with Crippen LogP contribution in [0.15, 0.2) is 0 Å². The van der Waals surface area contributed by atoms with Gasteiger partial charge >= 0.3 is 11.9 Å². The largest absolute Gasteiger partial charge is 0.481 e. The molecule has 0 aromatic heterocycles. The molecule has 0 radical (unpaired) electrons. The van der Waals surface area contributed by atoms with E-state index in [9.17, 15) is 9.59 Å². The van der Waals surface area contributed by atoms with Crippen LogP contribution in [-0.2, 0) is 19.1 Å². The third-order valence-electron chi connectivity index (χ3n) is 0.691. The highest BCUT2D eigenvalue weighted by atomic mass is 16.6. The van der Waals surface area contributed by atoms with Gasteiger partial charge in [0, 0.05) is 13.8 Å². The number of carboxylic acids is 2. The second kappa shape index (κ2) is 7.08. The van der Waals surface area contributed by atoms with E-state index in [0.717, 1.165) is 6.92 Å². The predicted molar refractivity (Wildman–Crippen MR) is 42.2 cm³/mol. The summed E-state index contributed by atoms with van der Waals surface area (Å²) in [6.07, 6.45) is -1.04. The van der Waals surface area contributed by atoms with E-state index in [1.54, 1.807) is 0 Å². The number of carbonyl (C=O) groups excluding carboxylic acids is 1. The summed E-state index contributed by atoms with van der Waals surface area (Å²) >= 11 is 0. The third kappa shape index (κ3) is 17.9. The number of hydrogen-bond acceptors (Lipinski definition) is 4. The third-order valence-corrected chi connectivity index (χ3v) is 0.691. The van der Waals surface area contributed by atoms with Gasteiger partial charge in [-0.05, 0) is 6.92 Å². The fourth-order valence-corrected chi connectivity index (χ4v) is 0.299. The van der Waals surface area contributed by atoms with Crippen molar-refractivity contribution in [1.29, 1.82) is 0 Å². The maximum absolute atomic E-state index is 10.1. The van der Waals surface area contributed by atoms with Crippen LogP contribution in [0.1, 0.15) is 20.8 Å². The first-order valence-corrected chi connectivity index (χ1v) is 3.37. The first-order chi connectivity index (χ1) is 5.77. The van der Waals surface area contributed by atoms with Crippen molar-refractivity contribution < 1.29 is 29.3 Å². The lowest BCUT2D eigenvalue weighted by atomic mass is 10.4. The molecule has 0 saturated carbocycles. The Bertz CT molecular complexity index is 193. The molecule has 1 unspecified atom stereocenters. The minimum Gasteiger partial charge on any atom is -0.481 e. The summed E-state index contributed by atoms with van der Waals surface area (Å²) in [5.41, 5.74) is 0. The molecule has 6 heteroatoms. The average Bonchev–Trinajstić information content (AvgIpc) is 1.83. The van der Waals surface area contributed by atoms with E-state index in [4.69, 9.17) is 15.0 Å². The van der Waals surface area contributed by atoms with Crippen molar-refractivity contribution >= 4 is 17.9 Å². The van der Waals surface area contributed by atoms with Gasteiger partial charge in [-0.1, -0.05) is 0 Å². The van der Waals surface area contributed by atoms with Crippen LogP contribution in [0.25, 0.3) is 0 Å². The average molecular weight is 192 g/mol. The van der Waals surface area contributed by atoms with E-state index in [1.807, 2.05) is 0 Å². The monoisotopic (exact) mass is 192 g/mol. The highest BCUT2D eigenvalue weighted by Gasteiger charge is 2.12. The smallest absolute Gasteiger partial charge is 0.344 e. The lowest BCUT2D eigenvalue weighted by Crippen LogP contribution is -2.21. The Balaban J connectivity index is 0. The Hall–Kier alpha value is -1.59. The van der Waals surface area contributed by atoms with Crippen molar-refractivity contribution in [2.24, 2.45) is 0 Å². The summed E-state index contributed by atoms with van der Waals surface area (Å²) in [6, 6.07) is 0. The summed E-state index contributed by atoms with van der Waals surface area (Å²) in [4.78, 5) is 29.0. The molecule has 6 nitrogen and oxygen atoms in total. The van der Waals surface area contributed by atoms with E-state index < -0.39 is 24.0 Å². The van der Waals surface area contributed by atoms with Crippen LogP contribution in [0.2, 0.25) is 0 Å². The fourth-order valence-electron chi connectivity index (χ4n) is 0.299. The minimum atomic E-state index is -1.13. The lowest BCUT2D eigenvalue weighted by molar-refractivity contribution is -0.161. The maximum Gasteiger partial charge on any atom is 0.344 e. The molecule has 0 aromatic carbocycles. The highest BCUT2D eigenvalue weighted by Crippen LogP contribution is 1.89. The zero-order chi connectivity index (χ0) is 11.0. The number of hydrogen-bond donors (Lipinski definition) is 2. The van der Waals surface area contributed by atoms with Gasteiger partial charge in [0.05, 0.1) is 0 Å². The van der Waals surface area contributed by atoms with Gasteiger partial charge in [-0.3, -0.25) is 9.59 Å². The lowest BCUT2D eigenvalue weighted by Gasteiger charge is -2.04. The van der Waals surface area contributed by atoms with Crippen LogP contribution in [0.3, 0.4) is 0 Å². The summed E-state index contributed by atoms with van der Waals surface area (Å²) in [7, 11) is 0. The highest BCUT2D eigenvalue weighted by molar-refractivity contribution is 5.76. The van der Waals surface area contributed by atoms with Gasteiger partial charge in [-0.15, -0.1) is 0 Å². The Labute approximate surface area is 75.1 Å². The second-order valence-corrected chi connectivity index (χ2v) is 2.11. The number of carbonyl (C=O) groups is 3. The molecule has 13 heavy (non-hydrogen) atoms. The predicted octanol–water partition coefficient (Wildman–Crippen LogP) is 0.114. The SMILES string of the molecule is CC(=O)O.CC(=O)OC(C)C(=O)O. The van der Waals surface area contributed by atoms with Crippen molar-refractivity contribution in [1.82, 2.24) is 0 Å². The molecule has 76 valence electrons. The molecule has 2 N–H and O–H groups in total. The van der Waals surface area contributed by atoms with Crippen molar-refractivity contribution in [2.75, 3.05) is 0 Å². The zero-order valence-corrected chi connectivity index (χ0v) is 7.60. The minimum absolute atomic E-state index is 0.579. The van der Waals surface area contributed by atoms with Crippen molar-refractivity contribution in [3.8, 4) is 0 Å². The summed E-state index contributed by atoms with van der Waals surface area (Å²) < 4.78 is 4.27. The Morgan fingerprint density at radius 2 is 1.46 bits per heavy atom. The van der Waals surface area contributed by atoms with E-state index in [1.165, 1.54) is 13.8 Å². The topological polar surface area (TPSA) is 101 Å². The van der Waals surface area contributed by atoms with Crippen molar-refractivity contribution in [3.05, 3.63) is 0 Å². The fraction of sp³-hybridized carbons (Fsp3) is 0.571. The molecule has 0 bridgehead atoms. The van der Waals surface area contributed by atoms with Crippen LogP contribution in [-0.4, -0.2) is 34.2 Å². The molecule has 0 aliphatic carbocycles. The van der Waals surface area contributed by atoms with E-state index >= 15 is 0 Å². The van der Waals surface area contributed by atoms with E-state index in [2.05, 4.69) is 4.74 Å². The molecular weight excluding hydrogens is 180 g/mol. The molecular formula is C7H12O6. The summed E-state index contributed by atoms with van der Waals surface area (Å²) in [5, 5.41) is 15.6. The zero-order valence-electron chi connectivity index (χ0n) is 7.60. The molecule has 0 aliphatic rings.